The van der Waals surface area contributed by atoms with Gasteiger partial charge in [-0.25, -0.2) is 4.79 Å². The number of hydrogen-bond acceptors (Lipinski definition) is 7. The standard InChI is InChI=1S/C22H23NO6S/c1-4-12-30(25,26)29-23-15(2)21-19(13-16-8-6-5-7-9-16)18-11-10-17(27-3)14-20(18)28-22(21)24/h5-11,14H,4,12-13H2,1-3H3/b23-15-. The molecule has 1 aromatic heterocycles. The number of fused-ring (bicyclic) bond motifs is 1. The molecule has 30 heavy (non-hydrogen) atoms. The third-order valence-corrected chi connectivity index (χ3v) is 5.76. The van der Waals surface area contributed by atoms with E-state index in [-0.39, 0.29) is 17.0 Å². The SMILES string of the molecule is CCCS(=O)(=O)O/N=C(/C)c1c(Cc2ccccc2)c2ccc(OC)cc2oc1=O. The molecule has 0 spiro atoms. The van der Waals surface area contributed by atoms with E-state index in [1.807, 2.05) is 30.3 Å². The molecule has 0 fully saturated rings. The van der Waals surface area contributed by atoms with E-state index in [1.54, 1.807) is 25.1 Å². The van der Waals surface area contributed by atoms with Gasteiger partial charge in [0.05, 0.1) is 24.1 Å². The van der Waals surface area contributed by atoms with Crippen LogP contribution in [-0.4, -0.2) is 27.0 Å². The Balaban J connectivity index is 2.18. The van der Waals surface area contributed by atoms with Gasteiger partial charge >= 0.3 is 15.7 Å². The maximum absolute atomic E-state index is 12.8. The molecule has 0 radical (unpaired) electrons. The predicted molar refractivity (Wildman–Crippen MR) is 116 cm³/mol. The van der Waals surface area contributed by atoms with Crippen LogP contribution >= 0.6 is 0 Å². The van der Waals surface area contributed by atoms with Crippen LogP contribution < -0.4 is 10.4 Å². The Morgan fingerprint density at radius 1 is 1.13 bits per heavy atom. The van der Waals surface area contributed by atoms with E-state index in [2.05, 4.69) is 5.16 Å². The minimum Gasteiger partial charge on any atom is -0.497 e. The van der Waals surface area contributed by atoms with Crippen molar-refractivity contribution >= 4 is 26.8 Å². The summed E-state index contributed by atoms with van der Waals surface area (Å²) >= 11 is 0. The van der Waals surface area contributed by atoms with E-state index in [1.165, 1.54) is 14.0 Å². The Morgan fingerprint density at radius 2 is 1.87 bits per heavy atom. The van der Waals surface area contributed by atoms with Gasteiger partial charge in [0.1, 0.15) is 11.3 Å². The highest BCUT2D eigenvalue weighted by molar-refractivity contribution is 7.86. The van der Waals surface area contributed by atoms with Crippen molar-refractivity contribution in [2.24, 2.45) is 5.16 Å². The van der Waals surface area contributed by atoms with E-state index in [0.29, 0.717) is 35.1 Å². The fourth-order valence-electron chi connectivity index (χ4n) is 3.17. The van der Waals surface area contributed by atoms with Crippen molar-refractivity contribution in [2.75, 3.05) is 12.9 Å². The summed E-state index contributed by atoms with van der Waals surface area (Å²) in [5.74, 6) is 0.399. The number of ether oxygens (including phenoxy) is 1. The lowest BCUT2D eigenvalue weighted by Crippen LogP contribution is -2.18. The predicted octanol–water partition coefficient (Wildman–Crippen LogP) is 3.87. The van der Waals surface area contributed by atoms with Crippen molar-refractivity contribution < 1.29 is 21.9 Å². The number of benzene rings is 2. The monoisotopic (exact) mass is 429 g/mol. The summed E-state index contributed by atoms with van der Waals surface area (Å²) < 4.78 is 39.2. The first-order chi connectivity index (χ1) is 14.3. The molecule has 3 aromatic rings. The first kappa shape index (κ1) is 21.6. The van der Waals surface area contributed by atoms with Gasteiger partial charge in [-0.1, -0.05) is 42.4 Å². The summed E-state index contributed by atoms with van der Waals surface area (Å²) in [7, 11) is -2.28. The minimum atomic E-state index is -3.81. The summed E-state index contributed by atoms with van der Waals surface area (Å²) in [4.78, 5) is 12.8. The second-order valence-corrected chi connectivity index (χ2v) is 8.45. The van der Waals surface area contributed by atoms with E-state index >= 15 is 0 Å². The van der Waals surface area contributed by atoms with Gasteiger partial charge in [0.15, 0.2) is 0 Å². The molecule has 1 heterocycles. The highest BCUT2D eigenvalue weighted by Gasteiger charge is 2.19. The molecule has 0 saturated carbocycles. The topological polar surface area (TPSA) is 95.2 Å². The molecule has 0 aliphatic rings. The lowest BCUT2D eigenvalue weighted by molar-refractivity contribution is 0.338. The Kier molecular flexibility index (Phi) is 6.56. The molecule has 2 aromatic carbocycles. The fraction of sp³-hybridized carbons (Fsp3) is 0.273. The fourth-order valence-corrected chi connectivity index (χ4v) is 3.97. The Labute approximate surface area is 175 Å². The molecule has 0 saturated heterocycles. The van der Waals surface area contributed by atoms with Crippen molar-refractivity contribution in [3.63, 3.8) is 0 Å². The van der Waals surface area contributed by atoms with Crippen LogP contribution in [0.25, 0.3) is 11.0 Å². The van der Waals surface area contributed by atoms with Gasteiger partial charge < -0.3 is 9.15 Å². The molecule has 7 nitrogen and oxygen atoms in total. The normalized spacial score (nSPS) is 12.2. The van der Waals surface area contributed by atoms with Crippen molar-refractivity contribution in [1.29, 1.82) is 0 Å². The maximum Gasteiger partial charge on any atom is 0.345 e. The highest BCUT2D eigenvalue weighted by atomic mass is 32.2. The third kappa shape index (κ3) is 4.88. The summed E-state index contributed by atoms with van der Waals surface area (Å²) in [6.45, 7) is 3.25. The van der Waals surface area contributed by atoms with Crippen LogP contribution in [0.5, 0.6) is 5.75 Å². The first-order valence-electron chi connectivity index (χ1n) is 9.48. The molecule has 0 unspecified atom stereocenters. The number of oxime groups is 1. The van der Waals surface area contributed by atoms with Crippen LogP contribution in [-0.2, 0) is 20.8 Å². The number of rotatable bonds is 8. The van der Waals surface area contributed by atoms with Gasteiger partial charge in [-0.3, -0.25) is 4.28 Å². The van der Waals surface area contributed by atoms with Gasteiger partial charge in [0.2, 0.25) is 0 Å². The van der Waals surface area contributed by atoms with Crippen molar-refractivity contribution in [3.8, 4) is 5.75 Å². The van der Waals surface area contributed by atoms with Gasteiger partial charge in [-0.05, 0) is 43.0 Å². The van der Waals surface area contributed by atoms with Gasteiger partial charge in [-0.2, -0.15) is 8.42 Å². The molecule has 0 aliphatic heterocycles. The largest absolute Gasteiger partial charge is 0.497 e. The van der Waals surface area contributed by atoms with Crippen molar-refractivity contribution in [3.05, 3.63) is 75.6 Å². The first-order valence-corrected chi connectivity index (χ1v) is 11.1. The Bertz CT molecular complexity index is 1230. The molecule has 0 amide bonds. The summed E-state index contributed by atoms with van der Waals surface area (Å²) in [5, 5.41) is 4.44. The van der Waals surface area contributed by atoms with Crippen LogP contribution in [0, 0.1) is 0 Å². The highest BCUT2D eigenvalue weighted by Crippen LogP contribution is 2.27. The summed E-state index contributed by atoms with van der Waals surface area (Å²) in [6.07, 6.45) is 0.829. The molecule has 158 valence electrons. The van der Waals surface area contributed by atoms with Crippen molar-refractivity contribution in [1.82, 2.24) is 0 Å². The lowest BCUT2D eigenvalue weighted by Gasteiger charge is -2.12. The zero-order valence-electron chi connectivity index (χ0n) is 17.0. The molecule has 3 rings (SSSR count). The van der Waals surface area contributed by atoms with E-state index in [4.69, 9.17) is 13.4 Å². The zero-order chi connectivity index (χ0) is 21.7. The quantitative estimate of drug-likeness (QED) is 0.306. The molecule has 0 bridgehead atoms. The number of nitrogens with zero attached hydrogens (tertiary/aromatic N) is 1. The summed E-state index contributed by atoms with van der Waals surface area (Å²) in [5.41, 5.74) is 1.72. The number of methoxy groups -OCH3 is 1. The van der Waals surface area contributed by atoms with Crippen molar-refractivity contribution in [2.45, 2.75) is 26.7 Å². The Morgan fingerprint density at radius 3 is 2.53 bits per heavy atom. The average molecular weight is 429 g/mol. The minimum absolute atomic E-state index is 0.132. The van der Waals surface area contributed by atoms with Crippen LogP contribution in [0.1, 0.15) is 37.0 Å². The van der Waals surface area contributed by atoms with Crippen LogP contribution in [0.15, 0.2) is 62.9 Å². The smallest absolute Gasteiger partial charge is 0.345 e. The summed E-state index contributed by atoms with van der Waals surface area (Å²) in [6, 6.07) is 14.8. The second kappa shape index (κ2) is 9.13. The zero-order valence-corrected chi connectivity index (χ0v) is 17.9. The molecule has 0 atom stereocenters. The van der Waals surface area contributed by atoms with E-state index < -0.39 is 15.7 Å². The van der Waals surface area contributed by atoms with Crippen LogP contribution in [0.2, 0.25) is 0 Å². The molecule has 0 aliphatic carbocycles. The van der Waals surface area contributed by atoms with Crippen LogP contribution in [0.4, 0.5) is 0 Å². The van der Waals surface area contributed by atoms with Gasteiger partial charge in [0, 0.05) is 11.5 Å². The average Bonchev–Trinajstić information content (AvgIpc) is 2.72. The maximum atomic E-state index is 12.8. The third-order valence-electron chi connectivity index (χ3n) is 4.55. The number of hydrogen-bond donors (Lipinski definition) is 0. The molecular formula is C22H23NO6S. The molecular weight excluding hydrogens is 406 g/mol. The molecule has 8 heteroatoms. The molecule has 0 N–H and O–H groups in total. The Hall–Kier alpha value is -3.13. The van der Waals surface area contributed by atoms with E-state index in [9.17, 15) is 13.2 Å². The lowest BCUT2D eigenvalue weighted by atomic mass is 9.95. The second-order valence-electron chi connectivity index (χ2n) is 6.78. The van der Waals surface area contributed by atoms with Crippen LogP contribution in [0.3, 0.4) is 0 Å². The van der Waals surface area contributed by atoms with E-state index in [0.717, 1.165) is 5.56 Å². The van der Waals surface area contributed by atoms with Gasteiger partial charge in [0.25, 0.3) is 0 Å². The van der Waals surface area contributed by atoms with Gasteiger partial charge in [-0.15, -0.1) is 0 Å².